The topological polar surface area (TPSA) is 74.0 Å². The first-order valence-corrected chi connectivity index (χ1v) is 7.04. The molecule has 2 aromatic rings. The van der Waals surface area contributed by atoms with Crippen LogP contribution in [0.3, 0.4) is 0 Å². The van der Waals surface area contributed by atoms with E-state index in [1.165, 1.54) is 6.07 Å². The number of benzene rings is 1. The maximum atomic E-state index is 14.3. The number of aromatic nitrogens is 1. The summed E-state index contributed by atoms with van der Waals surface area (Å²) in [4.78, 5) is 12.9. The number of carbonyl (C=O) groups excluding carboxylic acids is 1. The zero-order valence-corrected chi connectivity index (χ0v) is 12.1. The Morgan fingerprint density at radius 3 is 2.75 bits per heavy atom. The van der Waals surface area contributed by atoms with E-state index in [1.54, 1.807) is 0 Å². The molecule has 0 N–H and O–H groups in total. The summed E-state index contributed by atoms with van der Waals surface area (Å²) in [6, 6.07) is 0.552. The second kappa shape index (κ2) is 5.43. The Bertz CT molecular complexity index is 869. The fourth-order valence-corrected chi connectivity index (χ4v) is 2.68. The number of terminal acetylenes is 1. The van der Waals surface area contributed by atoms with E-state index in [9.17, 15) is 13.6 Å². The summed E-state index contributed by atoms with van der Waals surface area (Å²) in [7, 11) is 0. The highest BCUT2D eigenvalue weighted by molar-refractivity contribution is 6.00. The van der Waals surface area contributed by atoms with Gasteiger partial charge in [-0.15, -0.1) is 6.42 Å². The number of ether oxygens (including phenoxy) is 3. The SMILES string of the molecule is C#C[C@H]1COC(=O)N1c1noc2c(F)c(F)c(C3OCCO3)cc12. The molecule has 124 valence electrons. The molecule has 0 radical (unpaired) electrons. The number of hydrogen-bond donors (Lipinski definition) is 0. The van der Waals surface area contributed by atoms with Crippen molar-refractivity contribution in [2.45, 2.75) is 12.3 Å². The summed E-state index contributed by atoms with van der Waals surface area (Å²) in [6.45, 7) is 0.491. The van der Waals surface area contributed by atoms with Gasteiger partial charge < -0.3 is 18.7 Å². The lowest BCUT2D eigenvalue weighted by molar-refractivity contribution is -0.0467. The van der Waals surface area contributed by atoms with Gasteiger partial charge in [-0.05, 0) is 6.07 Å². The fraction of sp³-hybridized carbons (Fsp3) is 0.333. The molecule has 1 aromatic carbocycles. The minimum absolute atomic E-state index is 0.0327. The highest BCUT2D eigenvalue weighted by atomic mass is 19.2. The average molecular weight is 336 g/mol. The molecule has 1 aromatic heterocycles. The molecule has 0 unspecified atom stereocenters. The molecule has 1 atom stereocenters. The van der Waals surface area contributed by atoms with Gasteiger partial charge in [-0.3, -0.25) is 0 Å². The first-order valence-electron chi connectivity index (χ1n) is 7.04. The van der Waals surface area contributed by atoms with Crippen LogP contribution < -0.4 is 4.90 Å². The Morgan fingerprint density at radius 2 is 2.04 bits per heavy atom. The van der Waals surface area contributed by atoms with Crippen LogP contribution >= 0.6 is 0 Å². The smallest absolute Gasteiger partial charge is 0.416 e. The maximum Gasteiger partial charge on any atom is 0.416 e. The van der Waals surface area contributed by atoms with Gasteiger partial charge in [0.2, 0.25) is 11.4 Å². The monoisotopic (exact) mass is 336 g/mol. The molecule has 24 heavy (non-hydrogen) atoms. The maximum absolute atomic E-state index is 14.3. The van der Waals surface area contributed by atoms with Crippen molar-refractivity contribution in [2.75, 3.05) is 24.7 Å². The van der Waals surface area contributed by atoms with Gasteiger partial charge in [-0.1, -0.05) is 11.1 Å². The predicted molar refractivity (Wildman–Crippen MR) is 75.0 cm³/mol. The van der Waals surface area contributed by atoms with Crippen LogP contribution in [-0.4, -0.2) is 37.1 Å². The number of amides is 1. The number of cyclic esters (lactones) is 1. The third-order valence-corrected chi connectivity index (χ3v) is 3.82. The van der Waals surface area contributed by atoms with Crippen molar-refractivity contribution in [1.29, 1.82) is 0 Å². The van der Waals surface area contributed by atoms with Crippen molar-refractivity contribution in [2.24, 2.45) is 0 Å². The summed E-state index contributed by atoms with van der Waals surface area (Å²) < 4.78 is 48.7. The molecule has 1 amide bonds. The van der Waals surface area contributed by atoms with Gasteiger partial charge in [0.25, 0.3) is 0 Å². The van der Waals surface area contributed by atoms with E-state index in [1.807, 2.05) is 0 Å². The summed E-state index contributed by atoms with van der Waals surface area (Å²) in [5.41, 5.74) is -0.577. The van der Waals surface area contributed by atoms with Crippen LogP contribution in [0.4, 0.5) is 19.4 Å². The summed E-state index contributed by atoms with van der Waals surface area (Å²) in [6.07, 6.45) is 3.58. The highest BCUT2D eigenvalue weighted by Crippen LogP contribution is 2.37. The van der Waals surface area contributed by atoms with E-state index in [0.29, 0.717) is 0 Å². The van der Waals surface area contributed by atoms with Gasteiger partial charge in [0, 0.05) is 5.56 Å². The third kappa shape index (κ3) is 2.04. The largest absolute Gasteiger partial charge is 0.446 e. The van der Waals surface area contributed by atoms with Crippen molar-refractivity contribution in [3.63, 3.8) is 0 Å². The Kier molecular flexibility index (Phi) is 3.37. The first-order chi connectivity index (χ1) is 11.6. The van der Waals surface area contributed by atoms with Gasteiger partial charge in [0.05, 0.1) is 18.6 Å². The van der Waals surface area contributed by atoms with Crippen LogP contribution in [0.25, 0.3) is 11.0 Å². The van der Waals surface area contributed by atoms with Crippen molar-refractivity contribution >= 4 is 22.9 Å². The van der Waals surface area contributed by atoms with Crippen molar-refractivity contribution in [3.05, 3.63) is 23.3 Å². The molecule has 0 saturated carbocycles. The van der Waals surface area contributed by atoms with E-state index in [2.05, 4.69) is 11.1 Å². The second-order valence-electron chi connectivity index (χ2n) is 5.18. The lowest BCUT2D eigenvalue weighted by Gasteiger charge is -2.15. The van der Waals surface area contributed by atoms with Crippen LogP contribution in [0, 0.1) is 24.0 Å². The Morgan fingerprint density at radius 1 is 1.29 bits per heavy atom. The van der Waals surface area contributed by atoms with Gasteiger partial charge >= 0.3 is 6.09 Å². The van der Waals surface area contributed by atoms with Crippen LogP contribution in [0.15, 0.2) is 10.6 Å². The zero-order valence-electron chi connectivity index (χ0n) is 12.1. The number of hydrogen-bond acceptors (Lipinski definition) is 6. The molecule has 3 heterocycles. The fourth-order valence-electron chi connectivity index (χ4n) is 2.68. The average Bonchev–Trinajstić information content (AvgIpc) is 3.29. The number of nitrogens with zero attached hydrogens (tertiary/aromatic N) is 2. The lowest BCUT2D eigenvalue weighted by atomic mass is 10.1. The molecule has 2 aliphatic rings. The summed E-state index contributed by atoms with van der Waals surface area (Å²) >= 11 is 0. The Hall–Kier alpha value is -2.70. The molecular weight excluding hydrogens is 326 g/mol. The molecular formula is C15H10F2N2O5. The molecule has 9 heteroatoms. The lowest BCUT2D eigenvalue weighted by Crippen LogP contribution is -2.32. The van der Waals surface area contributed by atoms with E-state index in [-0.39, 0.29) is 36.6 Å². The zero-order chi connectivity index (χ0) is 16.8. The van der Waals surface area contributed by atoms with Crippen molar-refractivity contribution < 1.29 is 32.3 Å². The number of halogens is 2. The van der Waals surface area contributed by atoms with Gasteiger partial charge in [0.15, 0.2) is 17.9 Å². The third-order valence-electron chi connectivity index (χ3n) is 3.82. The van der Waals surface area contributed by atoms with E-state index in [0.717, 1.165) is 4.90 Å². The van der Waals surface area contributed by atoms with Crippen molar-refractivity contribution in [3.8, 4) is 12.3 Å². The Balaban J connectivity index is 1.89. The van der Waals surface area contributed by atoms with Crippen molar-refractivity contribution in [1.82, 2.24) is 5.16 Å². The minimum atomic E-state index is -1.25. The van der Waals surface area contributed by atoms with E-state index < -0.39 is 35.6 Å². The summed E-state index contributed by atoms with van der Waals surface area (Å²) in [5.74, 6) is -0.0763. The van der Waals surface area contributed by atoms with E-state index >= 15 is 0 Å². The normalized spacial score (nSPS) is 21.5. The van der Waals surface area contributed by atoms with Gasteiger partial charge in [0.1, 0.15) is 12.6 Å². The first kappa shape index (κ1) is 14.9. The van der Waals surface area contributed by atoms with Crippen LogP contribution in [-0.2, 0) is 14.2 Å². The number of anilines is 1. The molecule has 2 fully saturated rings. The van der Waals surface area contributed by atoms with Gasteiger partial charge in [-0.25, -0.2) is 14.1 Å². The minimum Gasteiger partial charge on any atom is -0.446 e. The number of rotatable bonds is 2. The number of carbonyl (C=O) groups is 1. The molecule has 2 saturated heterocycles. The predicted octanol–water partition coefficient (Wildman–Crippen LogP) is 2.11. The molecule has 4 rings (SSSR count). The number of fused-ring (bicyclic) bond motifs is 1. The van der Waals surface area contributed by atoms with E-state index in [4.69, 9.17) is 25.2 Å². The van der Waals surface area contributed by atoms with Crippen LogP contribution in [0.1, 0.15) is 11.9 Å². The van der Waals surface area contributed by atoms with Crippen LogP contribution in [0.5, 0.6) is 0 Å². The van der Waals surface area contributed by atoms with Crippen LogP contribution in [0.2, 0.25) is 0 Å². The molecule has 2 aliphatic heterocycles. The standard InChI is InChI=1S/C15H10F2N2O5/c1-2-7-6-23-15(20)19(7)13-9-5-8(14-21-3-4-22-14)10(16)11(17)12(9)24-18-13/h1,5,7,14H,3-4,6H2/t7-/m0/s1. The molecule has 0 aliphatic carbocycles. The Labute approximate surface area is 134 Å². The summed E-state index contributed by atoms with van der Waals surface area (Å²) in [5, 5.41) is 3.73. The molecule has 7 nitrogen and oxygen atoms in total. The highest BCUT2D eigenvalue weighted by Gasteiger charge is 2.38. The molecule has 0 bridgehead atoms. The second-order valence-corrected chi connectivity index (χ2v) is 5.18. The molecule has 0 spiro atoms. The quantitative estimate of drug-likeness (QED) is 0.782. The van der Waals surface area contributed by atoms with Gasteiger partial charge in [-0.2, -0.15) is 4.39 Å².